The largest absolute Gasteiger partial charge is 0.468 e. The van der Waals surface area contributed by atoms with Crippen molar-refractivity contribution in [2.75, 3.05) is 26.9 Å². The lowest BCUT2D eigenvalue weighted by Crippen LogP contribution is -2.49. The molecule has 1 aliphatic rings. The van der Waals surface area contributed by atoms with Crippen LogP contribution in [0.25, 0.3) is 0 Å². The third-order valence-corrected chi connectivity index (χ3v) is 3.43. The minimum Gasteiger partial charge on any atom is -0.468 e. The number of halogens is 1. The fraction of sp³-hybridized carbons (Fsp3) is 0.500. The highest BCUT2D eigenvalue weighted by Gasteiger charge is 2.30. The summed E-state index contributed by atoms with van der Waals surface area (Å²) in [7, 11) is 1.36. The number of methoxy groups -OCH3 is 1. The Hall–Kier alpha value is -1.50. The molecular weight excluding hydrogens is 263 g/mol. The molecular formula is C14H19FN2O3. The van der Waals surface area contributed by atoms with Gasteiger partial charge in [0.15, 0.2) is 0 Å². The molecule has 20 heavy (non-hydrogen) atoms. The van der Waals surface area contributed by atoms with Crippen LogP contribution in [-0.4, -0.2) is 43.8 Å². The third-order valence-electron chi connectivity index (χ3n) is 3.43. The van der Waals surface area contributed by atoms with Gasteiger partial charge in [0.2, 0.25) is 0 Å². The number of carbonyl (C=O) groups excluding carboxylic acids is 1. The number of carbonyl (C=O) groups is 1. The topological polar surface area (TPSA) is 64.8 Å². The second kappa shape index (κ2) is 6.78. The monoisotopic (exact) mass is 282 g/mol. The van der Waals surface area contributed by atoms with Crippen molar-refractivity contribution in [2.24, 2.45) is 5.73 Å². The molecule has 1 aromatic carbocycles. The smallest absolute Gasteiger partial charge is 0.325 e. The lowest BCUT2D eigenvalue weighted by Gasteiger charge is -2.33. The molecule has 110 valence electrons. The summed E-state index contributed by atoms with van der Waals surface area (Å²) in [6.45, 7) is 2.21. The Bertz CT molecular complexity index is 481. The van der Waals surface area contributed by atoms with Crippen LogP contribution in [0, 0.1) is 5.82 Å². The SMILES string of the molecule is COC(=O)C1COCCN1Cc1ccc(F)c(CN)c1. The number of esters is 1. The first kappa shape index (κ1) is 14.9. The summed E-state index contributed by atoms with van der Waals surface area (Å²) in [6.07, 6.45) is 0. The average molecular weight is 282 g/mol. The summed E-state index contributed by atoms with van der Waals surface area (Å²) in [6, 6.07) is 4.43. The van der Waals surface area contributed by atoms with Gasteiger partial charge >= 0.3 is 5.97 Å². The second-order valence-corrected chi connectivity index (χ2v) is 4.71. The lowest BCUT2D eigenvalue weighted by molar-refractivity contribution is -0.153. The first-order valence-electron chi connectivity index (χ1n) is 6.52. The number of morpholine rings is 1. The van der Waals surface area contributed by atoms with Crippen LogP contribution < -0.4 is 5.73 Å². The molecule has 1 aromatic rings. The van der Waals surface area contributed by atoms with E-state index >= 15 is 0 Å². The highest BCUT2D eigenvalue weighted by molar-refractivity contribution is 5.75. The summed E-state index contributed by atoms with van der Waals surface area (Å²) in [5.41, 5.74) is 6.90. The number of nitrogens with two attached hydrogens (primary N) is 1. The predicted octanol–water partition coefficient (Wildman–Crippen LogP) is 0.658. The van der Waals surface area contributed by atoms with Crippen LogP contribution in [0.5, 0.6) is 0 Å². The molecule has 6 heteroatoms. The Labute approximate surface area is 117 Å². The summed E-state index contributed by atoms with van der Waals surface area (Å²) in [5, 5.41) is 0. The first-order valence-corrected chi connectivity index (χ1v) is 6.52. The van der Waals surface area contributed by atoms with E-state index in [9.17, 15) is 9.18 Å². The van der Waals surface area contributed by atoms with E-state index in [-0.39, 0.29) is 18.3 Å². The van der Waals surface area contributed by atoms with E-state index in [1.54, 1.807) is 12.1 Å². The van der Waals surface area contributed by atoms with Crippen LogP contribution in [0.1, 0.15) is 11.1 Å². The number of nitrogens with zero attached hydrogens (tertiary/aromatic N) is 1. The van der Waals surface area contributed by atoms with Crippen molar-refractivity contribution in [1.82, 2.24) is 4.90 Å². The molecule has 0 amide bonds. The van der Waals surface area contributed by atoms with E-state index < -0.39 is 6.04 Å². The molecule has 5 nitrogen and oxygen atoms in total. The fourth-order valence-corrected chi connectivity index (χ4v) is 2.30. The van der Waals surface area contributed by atoms with E-state index in [4.69, 9.17) is 15.2 Å². The van der Waals surface area contributed by atoms with Crippen molar-refractivity contribution in [3.8, 4) is 0 Å². The number of rotatable bonds is 4. The summed E-state index contributed by atoms with van der Waals surface area (Å²) in [5.74, 6) is -0.617. The summed E-state index contributed by atoms with van der Waals surface area (Å²) in [4.78, 5) is 13.7. The molecule has 0 spiro atoms. The van der Waals surface area contributed by atoms with E-state index in [0.717, 1.165) is 5.56 Å². The van der Waals surface area contributed by atoms with Gasteiger partial charge in [0.25, 0.3) is 0 Å². The molecule has 1 aliphatic heterocycles. The van der Waals surface area contributed by atoms with Gasteiger partial charge in [-0.05, 0) is 11.6 Å². The zero-order valence-electron chi connectivity index (χ0n) is 11.5. The van der Waals surface area contributed by atoms with Gasteiger partial charge in [-0.15, -0.1) is 0 Å². The van der Waals surface area contributed by atoms with Crippen molar-refractivity contribution in [3.05, 3.63) is 35.1 Å². The van der Waals surface area contributed by atoms with Gasteiger partial charge in [0, 0.05) is 25.2 Å². The molecule has 2 rings (SSSR count). The standard InChI is InChI=1S/C14H19FN2O3/c1-19-14(18)13-9-20-5-4-17(13)8-10-2-3-12(15)11(6-10)7-16/h2-3,6,13H,4-5,7-9,16H2,1H3. The lowest BCUT2D eigenvalue weighted by atomic mass is 10.1. The van der Waals surface area contributed by atoms with Crippen LogP contribution >= 0.6 is 0 Å². The molecule has 2 N–H and O–H groups in total. The number of hydrogen-bond donors (Lipinski definition) is 1. The Kier molecular flexibility index (Phi) is 5.05. The number of hydrogen-bond acceptors (Lipinski definition) is 5. The van der Waals surface area contributed by atoms with Crippen LogP contribution in [0.4, 0.5) is 4.39 Å². The predicted molar refractivity (Wildman–Crippen MR) is 71.3 cm³/mol. The maximum Gasteiger partial charge on any atom is 0.325 e. The molecule has 1 heterocycles. The van der Waals surface area contributed by atoms with Crippen LogP contribution in [0.15, 0.2) is 18.2 Å². The minimum absolute atomic E-state index is 0.156. The molecule has 0 aliphatic carbocycles. The zero-order valence-corrected chi connectivity index (χ0v) is 11.5. The van der Waals surface area contributed by atoms with Gasteiger partial charge < -0.3 is 15.2 Å². The summed E-state index contributed by atoms with van der Waals surface area (Å²) < 4.78 is 23.5. The van der Waals surface area contributed by atoms with Crippen molar-refractivity contribution in [2.45, 2.75) is 19.1 Å². The quantitative estimate of drug-likeness (QED) is 0.822. The van der Waals surface area contributed by atoms with E-state index in [1.807, 2.05) is 4.90 Å². The zero-order chi connectivity index (χ0) is 14.5. The van der Waals surface area contributed by atoms with E-state index in [2.05, 4.69) is 0 Å². The van der Waals surface area contributed by atoms with Gasteiger partial charge in [-0.2, -0.15) is 0 Å². The van der Waals surface area contributed by atoms with Gasteiger partial charge in [-0.3, -0.25) is 9.69 Å². The highest BCUT2D eigenvalue weighted by Crippen LogP contribution is 2.16. The number of ether oxygens (including phenoxy) is 2. The Balaban J connectivity index is 2.12. The van der Waals surface area contributed by atoms with Crippen molar-refractivity contribution in [3.63, 3.8) is 0 Å². The molecule has 1 atom stereocenters. The number of benzene rings is 1. The van der Waals surface area contributed by atoms with Crippen molar-refractivity contribution in [1.29, 1.82) is 0 Å². The molecule has 0 radical (unpaired) electrons. The molecule has 0 saturated carbocycles. The average Bonchev–Trinajstić information content (AvgIpc) is 2.49. The Morgan fingerprint density at radius 3 is 3.10 bits per heavy atom. The molecule has 1 unspecified atom stereocenters. The second-order valence-electron chi connectivity index (χ2n) is 4.71. The maximum atomic E-state index is 13.4. The minimum atomic E-state index is -0.417. The normalized spacial score (nSPS) is 19.9. The molecule has 0 bridgehead atoms. The molecule has 0 aromatic heterocycles. The molecule has 1 saturated heterocycles. The van der Waals surface area contributed by atoms with Crippen LogP contribution in [0.2, 0.25) is 0 Å². The van der Waals surface area contributed by atoms with E-state index in [0.29, 0.717) is 31.9 Å². The highest BCUT2D eigenvalue weighted by atomic mass is 19.1. The van der Waals surface area contributed by atoms with Crippen LogP contribution in [0.3, 0.4) is 0 Å². The van der Waals surface area contributed by atoms with Crippen molar-refractivity contribution < 1.29 is 18.7 Å². The van der Waals surface area contributed by atoms with Crippen molar-refractivity contribution >= 4 is 5.97 Å². The Morgan fingerprint density at radius 1 is 1.60 bits per heavy atom. The van der Waals surface area contributed by atoms with Gasteiger partial charge in [0.1, 0.15) is 11.9 Å². The van der Waals surface area contributed by atoms with Gasteiger partial charge in [-0.1, -0.05) is 12.1 Å². The van der Waals surface area contributed by atoms with Crippen LogP contribution in [-0.2, 0) is 27.4 Å². The first-order chi connectivity index (χ1) is 9.65. The Morgan fingerprint density at radius 2 is 2.40 bits per heavy atom. The van der Waals surface area contributed by atoms with Gasteiger partial charge in [0.05, 0.1) is 20.3 Å². The van der Waals surface area contributed by atoms with Gasteiger partial charge in [-0.25, -0.2) is 4.39 Å². The fourth-order valence-electron chi connectivity index (χ4n) is 2.30. The maximum absolute atomic E-state index is 13.4. The summed E-state index contributed by atoms with van der Waals surface area (Å²) >= 11 is 0. The van der Waals surface area contributed by atoms with E-state index in [1.165, 1.54) is 13.2 Å². The molecule has 1 fully saturated rings. The third kappa shape index (κ3) is 3.33.